The van der Waals surface area contributed by atoms with Gasteiger partial charge in [-0.05, 0) is 24.3 Å². The largest absolute Gasteiger partial charge is 0.504 e. The number of carbonyl (C=O) groups is 5. The number of pyridine rings is 2. The zero-order chi connectivity index (χ0) is 39.2. The van der Waals surface area contributed by atoms with Crippen molar-refractivity contribution >= 4 is 29.6 Å². The highest BCUT2D eigenvalue weighted by molar-refractivity contribution is 6.03. The van der Waals surface area contributed by atoms with Gasteiger partial charge in [0, 0.05) is 85.4 Å². The van der Waals surface area contributed by atoms with Gasteiger partial charge in [-0.3, -0.25) is 33.6 Å². The molecule has 4 amide bonds. The van der Waals surface area contributed by atoms with Crippen molar-refractivity contribution in [2.75, 3.05) is 58.9 Å². The van der Waals surface area contributed by atoms with E-state index in [1.807, 2.05) is 0 Å². The minimum atomic E-state index is -1.15. The number of aryl methyl sites for hydroxylation is 2. The average Bonchev–Trinajstić information content (AvgIpc) is 3.12. The number of rotatable bonds is 19. The maximum Gasteiger partial charge on any atom is 0.305 e. The number of carboxylic acids is 1. The predicted molar refractivity (Wildman–Crippen MR) is 187 cm³/mol. The van der Waals surface area contributed by atoms with Crippen LogP contribution in [0.1, 0.15) is 47.9 Å². The lowest BCUT2D eigenvalue weighted by Gasteiger charge is -2.24. The summed E-state index contributed by atoms with van der Waals surface area (Å²) in [5.74, 6) is -7.19. The summed E-state index contributed by atoms with van der Waals surface area (Å²) in [6.45, 7) is 0.873. The van der Waals surface area contributed by atoms with E-state index in [0.29, 0.717) is 0 Å². The highest BCUT2D eigenvalue weighted by atomic mass is 16.4. The second kappa shape index (κ2) is 19.3. The molecule has 0 bridgehead atoms. The summed E-state index contributed by atoms with van der Waals surface area (Å²) in [5.41, 5.74) is -2.54. The standard InChI is InChI=1S/C33H42N8O12/c1-39-15-6-20(26(46)32(39)52)29(49)37-11-9-34-13-17-41(18-14-35-10-12-38-30(50)21-7-16-40(2)33(53)27(21)47)31(51)22-4-3-19(24(44)25(22)45)28(48)36-8-5-23(42)43/h3-4,6-7,15-16,34-35,44-47H,5,8-14,17-18H2,1-2H3,(H,36,48)(H,37,49)(H,38,50)(H,42,43). The molecule has 10 N–H and O–H groups in total. The zero-order valence-corrected chi connectivity index (χ0v) is 29.0. The Morgan fingerprint density at radius 1 is 0.566 bits per heavy atom. The summed E-state index contributed by atoms with van der Waals surface area (Å²) < 4.78 is 2.24. The molecule has 0 aliphatic heterocycles. The minimum Gasteiger partial charge on any atom is -0.504 e. The van der Waals surface area contributed by atoms with Crippen molar-refractivity contribution in [2.45, 2.75) is 6.42 Å². The number of benzene rings is 1. The van der Waals surface area contributed by atoms with Crippen molar-refractivity contribution in [1.29, 1.82) is 0 Å². The van der Waals surface area contributed by atoms with Crippen molar-refractivity contribution in [3.63, 3.8) is 0 Å². The average molecular weight is 743 g/mol. The molecule has 2 aromatic heterocycles. The lowest BCUT2D eigenvalue weighted by molar-refractivity contribution is -0.136. The number of aromatic nitrogens is 2. The van der Waals surface area contributed by atoms with Gasteiger partial charge >= 0.3 is 5.97 Å². The second-order valence-corrected chi connectivity index (χ2v) is 11.5. The van der Waals surface area contributed by atoms with Crippen molar-refractivity contribution < 1.29 is 49.5 Å². The molecule has 0 saturated heterocycles. The van der Waals surface area contributed by atoms with Crippen molar-refractivity contribution in [1.82, 2.24) is 40.6 Å². The van der Waals surface area contributed by atoms with Crippen LogP contribution in [0, 0.1) is 0 Å². The summed E-state index contributed by atoms with van der Waals surface area (Å²) in [6, 6.07) is 4.85. The van der Waals surface area contributed by atoms with E-state index in [1.54, 1.807) is 0 Å². The van der Waals surface area contributed by atoms with Gasteiger partial charge in [-0.15, -0.1) is 0 Å². The van der Waals surface area contributed by atoms with Crippen LogP contribution in [0.2, 0.25) is 0 Å². The fourth-order valence-corrected chi connectivity index (χ4v) is 4.79. The molecule has 2 heterocycles. The summed E-state index contributed by atoms with van der Waals surface area (Å²) in [5, 5.41) is 63.4. The zero-order valence-electron chi connectivity index (χ0n) is 29.0. The summed E-state index contributed by atoms with van der Waals surface area (Å²) in [6.07, 6.45) is 2.31. The number of nitrogens with one attached hydrogen (secondary N) is 5. The molecule has 0 fully saturated rings. The van der Waals surface area contributed by atoms with Crippen molar-refractivity contribution in [3.05, 3.63) is 79.6 Å². The van der Waals surface area contributed by atoms with E-state index in [4.69, 9.17) is 5.11 Å². The molecule has 0 radical (unpaired) electrons. The van der Waals surface area contributed by atoms with Crippen LogP contribution in [-0.2, 0) is 18.9 Å². The highest BCUT2D eigenvalue weighted by Gasteiger charge is 2.24. The molecule has 53 heavy (non-hydrogen) atoms. The minimum absolute atomic E-state index is 0.0561. The van der Waals surface area contributed by atoms with E-state index in [9.17, 15) is 54.0 Å². The Bertz CT molecular complexity index is 1870. The molecule has 3 rings (SSSR count). The monoisotopic (exact) mass is 742 g/mol. The van der Waals surface area contributed by atoms with Crippen molar-refractivity contribution in [2.24, 2.45) is 14.1 Å². The summed E-state index contributed by atoms with van der Waals surface area (Å²) in [7, 11) is 2.85. The third-order valence-electron chi connectivity index (χ3n) is 7.80. The van der Waals surface area contributed by atoms with Crippen molar-refractivity contribution in [3.8, 4) is 23.0 Å². The molecule has 0 atom stereocenters. The molecule has 0 saturated carbocycles. The Morgan fingerprint density at radius 3 is 1.42 bits per heavy atom. The number of amides is 4. The van der Waals surface area contributed by atoms with Gasteiger partial charge in [0.15, 0.2) is 23.0 Å². The first-order valence-electron chi connectivity index (χ1n) is 16.2. The van der Waals surface area contributed by atoms with Gasteiger partial charge in [0.1, 0.15) is 0 Å². The van der Waals surface area contributed by atoms with E-state index in [-0.39, 0.29) is 87.6 Å². The van der Waals surface area contributed by atoms with Gasteiger partial charge in [-0.1, -0.05) is 0 Å². The van der Waals surface area contributed by atoms with Gasteiger partial charge in [0.2, 0.25) is 0 Å². The van der Waals surface area contributed by atoms with Gasteiger partial charge < -0.3 is 66.2 Å². The van der Waals surface area contributed by atoms with Crippen LogP contribution in [0.5, 0.6) is 23.0 Å². The fourth-order valence-electron chi connectivity index (χ4n) is 4.79. The maximum atomic E-state index is 13.6. The van der Waals surface area contributed by atoms with Crippen LogP contribution < -0.4 is 37.7 Å². The lowest BCUT2D eigenvalue weighted by atomic mass is 10.1. The predicted octanol–water partition coefficient (Wildman–Crippen LogP) is -2.41. The van der Waals surface area contributed by atoms with Crippen LogP contribution in [0.15, 0.2) is 46.2 Å². The third kappa shape index (κ3) is 11.0. The van der Waals surface area contributed by atoms with Gasteiger partial charge in [-0.25, -0.2) is 0 Å². The first-order valence-corrected chi connectivity index (χ1v) is 16.2. The number of carbonyl (C=O) groups excluding carboxylic acids is 4. The molecule has 0 aliphatic rings. The van der Waals surface area contributed by atoms with Crippen LogP contribution in [0.3, 0.4) is 0 Å². The number of hydrogen-bond acceptors (Lipinski definition) is 13. The number of aromatic hydroxyl groups is 4. The van der Waals surface area contributed by atoms with Crippen LogP contribution in [-0.4, -0.2) is 128 Å². The quantitative estimate of drug-likeness (QED) is 0.0453. The Kier molecular flexibility index (Phi) is 14.9. The molecule has 0 unspecified atom stereocenters. The number of aliphatic carboxylic acids is 1. The van der Waals surface area contributed by atoms with Gasteiger partial charge in [0.05, 0.1) is 28.7 Å². The lowest BCUT2D eigenvalue weighted by Crippen LogP contribution is -2.43. The number of nitrogens with zero attached hydrogens (tertiary/aromatic N) is 3. The Balaban J connectivity index is 1.60. The van der Waals surface area contributed by atoms with Crippen LogP contribution in [0.4, 0.5) is 0 Å². The first kappa shape index (κ1) is 41.0. The number of hydrogen-bond donors (Lipinski definition) is 10. The van der Waals surface area contributed by atoms with E-state index in [0.717, 1.165) is 21.3 Å². The van der Waals surface area contributed by atoms with E-state index in [1.165, 1.54) is 43.5 Å². The molecule has 20 nitrogen and oxygen atoms in total. The molecule has 1 aromatic carbocycles. The topological polar surface area (TPSA) is 294 Å². The number of carboxylic acid groups (broad SMARTS) is 1. The number of phenols is 2. The molecular formula is C33H42N8O12. The Morgan fingerprint density at radius 2 is 0.962 bits per heavy atom. The van der Waals surface area contributed by atoms with Gasteiger partial charge in [-0.2, -0.15) is 0 Å². The first-order chi connectivity index (χ1) is 25.1. The second-order valence-electron chi connectivity index (χ2n) is 11.5. The van der Waals surface area contributed by atoms with Gasteiger partial charge in [0.25, 0.3) is 34.7 Å². The highest BCUT2D eigenvalue weighted by Crippen LogP contribution is 2.33. The van der Waals surface area contributed by atoms with E-state index < -0.39 is 63.7 Å². The maximum absolute atomic E-state index is 13.6. The number of phenolic OH excluding ortho intramolecular Hbond substituents is 2. The normalized spacial score (nSPS) is 10.8. The molecule has 0 aliphatic carbocycles. The molecule has 0 spiro atoms. The third-order valence-corrected chi connectivity index (χ3v) is 7.80. The molecular weight excluding hydrogens is 700 g/mol. The summed E-state index contributed by atoms with van der Waals surface area (Å²) >= 11 is 0. The smallest absolute Gasteiger partial charge is 0.305 e. The molecule has 286 valence electrons. The Labute approximate surface area is 301 Å². The van der Waals surface area contributed by atoms with Crippen LogP contribution >= 0.6 is 0 Å². The van der Waals surface area contributed by atoms with Crippen LogP contribution in [0.25, 0.3) is 0 Å². The fraction of sp³-hybridized carbons (Fsp3) is 0.364. The SMILES string of the molecule is Cn1ccc(C(=O)NCCNCCN(CCNCCNC(=O)c2ccn(C)c(=O)c2O)C(=O)c2ccc(C(=O)NCCC(=O)O)c(O)c2O)c(O)c1=O. The Hall–Kier alpha value is -6.41. The molecule has 3 aromatic rings. The molecule has 20 heteroatoms. The van der Waals surface area contributed by atoms with E-state index >= 15 is 0 Å². The summed E-state index contributed by atoms with van der Waals surface area (Å²) in [4.78, 5) is 86.7. The van der Waals surface area contributed by atoms with E-state index in [2.05, 4.69) is 26.6 Å².